The van der Waals surface area contributed by atoms with Gasteiger partial charge in [0, 0.05) is 19.8 Å². The molecule has 27 nitrogen and oxygen atoms in total. The summed E-state index contributed by atoms with van der Waals surface area (Å²) in [5, 5.41) is 160. The van der Waals surface area contributed by atoms with Gasteiger partial charge in [0.05, 0.1) is 56.8 Å². The Hall–Kier alpha value is -3.33. The minimum absolute atomic E-state index is 0.757. The van der Waals surface area contributed by atoms with Gasteiger partial charge < -0.3 is 111 Å². The molecule has 0 spiro atoms. The number of carboxylic acids is 2. The summed E-state index contributed by atoms with van der Waals surface area (Å²) >= 11 is 0. The molecule has 0 saturated carbocycles. The molecule has 330 valence electrons. The van der Waals surface area contributed by atoms with Crippen LogP contribution in [-0.4, -0.2) is 243 Å². The van der Waals surface area contributed by atoms with E-state index in [1.165, 1.54) is 0 Å². The Balaban J connectivity index is 2.55. The Bertz CT molecular complexity index is 1360. The van der Waals surface area contributed by atoms with Gasteiger partial charge >= 0.3 is 11.9 Å². The monoisotopic (exact) mass is 837 g/mol. The Morgan fingerprint density at radius 3 is 1.58 bits per heavy atom. The van der Waals surface area contributed by atoms with E-state index >= 15 is 0 Å². The first-order valence-corrected chi connectivity index (χ1v) is 17.1. The summed E-state index contributed by atoms with van der Waals surface area (Å²) in [5.74, 6) is -13.9. The summed E-state index contributed by atoms with van der Waals surface area (Å²) in [6.45, 7) is -6.26. The van der Waals surface area contributed by atoms with Crippen molar-refractivity contribution in [3.63, 3.8) is 0 Å². The summed E-state index contributed by atoms with van der Waals surface area (Å²) < 4.78 is 21.7. The van der Waals surface area contributed by atoms with E-state index in [1.54, 1.807) is 0 Å². The zero-order valence-corrected chi connectivity index (χ0v) is 30.1. The molecule has 57 heavy (non-hydrogen) atoms. The molecule has 0 aromatic rings. The van der Waals surface area contributed by atoms with Crippen molar-refractivity contribution in [1.82, 2.24) is 16.0 Å². The maximum Gasteiger partial charge on any atom is 0.364 e. The molecule has 0 bridgehead atoms. The molecular formula is C30H51N3O24. The molecular weight excluding hydrogens is 786 g/mol. The van der Waals surface area contributed by atoms with Gasteiger partial charge in [0.25, 0.3) is 11.6 Å². The van der Waals surface area contributed by atoms with Crippen LogP contribution in [0.4, 0.5) is 0 Å². The zero-order valence-electron chi connectivity index (χ0n) is 30.1. The number of hydrogen-bond acceptors (Lipinski definition) is 22. The summed E-state index contributed by atoms with van der Waals surface area (Å²) in [4.78, 5) is 61.0. The van der Waals surface area contributed by atoms with Crippen molar-refractivity contribution in [3.8, 4) is 0 Å². The highest BCUT2D eigenvalue weighted by Gasteiger charge is 2.60. The molecule has 0 unspecified atom stereocenters. The van der Waals surface area contributed by atoms with Gasteiger partial charge in [0.15, 0.2) is 0 Å². The number of carbonyl (C=O) groups is 5. The lowest BCUT2D eigenvalue weighted by Gasteiger charge is -2.49. The lowest BCUT2D eigenvalue weighted by Crippen LogP contribution is -2.71. The number of aliphatic carboxylic acids is 2. The predicted octanol–water partition coefficient (Wildman–Crippen LogP) is -11.1. The number of ether oxygens (including phenoxy) is 4. The van der Waals surface area contributed by atoms with Crippen molar-refractivity contribution in [2.24, 2.45) is 0 Å². The quantitative estimate of drug-likeness (QED) is 0.0481. The van der Waals surface area contributed by atoms with Crippen LogP contribution in [0.1, 0.15) is 19.8 Å². The van der Waals surface area contributed by atoms with Gasteiger partial charge in [-0.15, -0.1) is 0 Å². The van der Waals surface area contributed by atoms with Crippen LogP contribution >= 0.6 is 0 Å². The molecule has 18 N–H and O–H groups in total. The number of rotatable bonds is 22. The van der Waals surface area contributed by atoms with E-state index in [0.717, 1.165) is 6.92 Å². The van der Waals surface area contributed by atoms with Crippen LogP contribution in [0.2, 0.25) is 0 Å². The average Bonchev–Trinajstić information content (AvgIpc) is 3.17. The molecule has 2 aliphatic heterocycles. The predicted molar refractivity (Wildman–Crippen MR) is 175 cm³/mol. The third-order valence-corrected chi connectivity index (χ3v) is 9.13. The van der Waals surface area contributed by atoms with E-state index < -0.39 is 179 Å². The molecule has 0 aliphatic carbocycles. The maximum absolute atomic E-state index is 12.7. The minimum atomic E-state index is -3.27. The van der Waals surface area contributed by atoms with Crippen molar-refractivity contribution in [1.29, 1.82) is 0 Å². The molecule has 0 aromatic carbocycles. The first kappa shape index (κ1) is 49.8. The first-order chi connectivity index (χ1) is 26.6. The van der Waals surface area contributed by atoms with Gasteiger partial charge in [-0.1, -0.05) is 0 Å². The van der Waals surface area contributed by atoms with Crippen LogP contribution in [0.25, 0.3) is 0 Å². The smallest absolute Gasteiger partial charge is 0.364 e. The van der Waals surface area contributed by atoms with E-state index in [2.05, 4.69) is 5.32 Å². The normalized spacial score (nSPS) is 32.0. The van der Waals surface area contributed by atoms with E-state index in [4.69, 9.17) is 18.9 Å². The summed E-state index contributed by atoms with van der Waals surface area (Å²) in [6.07, 6.45) is -27.1. The highest BCUT2D eigenvalue weighted by molar-refractivity contribution is 5.79. The highest BCUT2D eigenvalue weighted by atomic mass is 16.7. The Morgan fingerprint density at radius 1 is 0.684 bits per heavy atom. The molecule has 16 atom stereocenters. The Morgan fingerprint density at radius 2 is 1.16 bits per heavy atom. The number of aliphatic hydroxyl groups excluding tert-OH is 13. The number of aliphatic hydroxyl groups is 13. The van der Waals surface area contributed by atoms with Crippen LogP contribution in [0, 0.1) is 0 Å². The topological polar surface area (TPSA) is 462 Å². The third-order valence-electron chi connectivity index (χ3n) is 9.13. The minimum Gasteiger partial charge on any atom is -0.477 e. The van der Waals surface area contributed by atoms with E-state index in [1.807, 2.05) is 10.6 Å². The number of amides is 3. The number of nitrogens with one attached hydrogen (secondary N) is 3. The maximum atomic E-state index is 12.7. The van der Waals surface area contributed by atoms with Gasteiger partial charge in [-0.2, -0.15) is 0 Å². The average molecular weight is 838 g/mol. The van der Waals surface area contributed by atoms with Crippen LogP contribution in [0.3, 0.4) is 0 Å². The van der Waals surface area contributed by atoms with E-state index in [0.29, 0.717) is 0 Å². The van der Waals surface area contributed by atoms with Crippen LogP contribution in [-0.2, 0) is 42.9 Å². The Labute approximate surface area is 321 Å². The number of carboxylic acid groups (broad SMARTS) is 2. The fourth-order valence-corrected chi connectivity index (χ4v) is 6.15. The highest BCUT2D eigenvalue weighted by Crippen LogP contribution is 2.38. The largest absolute Gasteiger partial charge is 0.477 e. The third kappa shape index (κ3) is 12.1. The van der Waals surface area contributed by atoms with Gasteiger partial charge in [-0.3, -0.25) is 14.4 Å². The van der Waals surface area contributed by atoms with Crippen molar-refractivity contribution in [2.45, 2.75) is 117 Å². The fraction of sp³-hybridized carbons (Fsp3) is 0.833. The van der Waals surface area contributed by atoms with Gasteiger partial charge in [-0.25, -0.2) is 9.59 Å². The van der Waals surface area contributed by atoms with Crippen molar-refractivity contribution < 1.29 is 120 Å². The number of hydrogen-bond donors (Lipinski definition) is 18. The van der Waals surface area contributed by atoms with Gasteiger partial charge in [0.2, 0.25) is 17.7 Å². The lowest BCUT2D eigenvalue weighted by molar-refractivity contribution is -0.347. The summed E-state index contributed by atoms with van der Waals surface area (Å²) in [7, 11) is 0. The van der Waals surface area contributed by atoms with Gasteiger partial charge in [0.1, 0.15) is 68.1 Å². The molecule has 3 amide bonds. The SMILES string of the molecule is CC(=O)N[C@@H](CO)[C@@H](O)[C@@H](O)[C@H](O)CO[C@]1(C(=O)O)C[C@H](O)[C@@H](NC(=O)CO)[C@H]([C@H](O)[C@@H](CO)O[C@]2(C(=O)O)C[C@H](O)[C@@H](NC(=O)CO)[C@H]([C@H](O)[C@H](O)CO)O2)O1. The zero-order chi connectivity index (χ0) is 43.6. The molecule has 27 heteroatoms. The van der Waals surface area contributed by atoms with E-state index in [9.17, 15) is 101 Å². The molecule has 0 radical (unpaired) electrons. The van der Waals surface area contributed by atoms with E-state index in [-0.39, 0.29) is 0 Å². The summed E-state index contributed by atoms with van der Waals surface area (Å²) in [6, 6.07) is -5.31. The second-order valence-electron chi connectivity index (χ2n) is 13.2. The van der Waals surface area contributed by atoms with Crippen molar-refractivity contribution in [3.05, 3.63) is 0 Å². The molecule has 2 saturated heterocycles. The second kappa shape index (κ2) is 21.6. The van der Waals surface area contributed by atoms with Crippen molar-refractivity contribution >= 4 is 29.7 Å². The summed E-state index contributed by atoms with van der Waals surface area (Å²) in [5.41, 5.74) is 0. The number of carbonyl (C=O) groups excluding carboxylic acids is 3. The van der Waals surface area contributed by atoms with Crippen LogP contribution < -0.4 is 16.0 Å². The molecule has 2 rings (SSSR count). The lowest BCUT2D eigenvalue weighted by atomic mass is 9.87. The first-order valence-electron chi connectivity index (χ1n) is 17.1. The van der Waals surface area contributed by atoms with Crippen LogP contribution in [0.15, 0.2) is 0 Å². The second-order valence-corrected chi connectivity index (χ2v) is 13.2. The van der Waals surface area contributed by atoms with Gasteiger partial charge in [-0.05, 0) is 0 Å². The Kier molecular flexibility index (Phi) is 18.9. The molecule has 2 fully saturated rings. The van der Waals surface area contributed by atoms with Crippen LogP contribution in [0.5, 0.6) is 0 Å². The van der Waals surface area contributed by atoms with Crippen molar-refractivity contribution in [2.75, 3.05) is 39.6 Å². The fourth-order valence-electron chi connectivity index (χ4n) is 6.15. The standard InChI is InChI=1S/C30H51N3O24/c1-10(39)31-11(4-34)21(46)22(47)15(43)9-54-29(27(50)51)2-12(40)20(33-18(45)8-38)26(56-29)24(49)16(6-36)55-30(28(52)53)3-13(41)19(32-17(44)7-37)25(57-30)23(48)14(42)5-35/h11-16,19-26,34-38,40-43,46-49H,2-9H2,1H3,(H,31,39)(H,32,44)(H,33,45)(H,50,51)(H,52,53)/t11-,12-,13-,14+,15+,16+,19+,20+,21+,22-,23+,24+,25+,26+,29+,30+/m0/s1. The molecule has 2 heterocycles. The molecule has 2 aliphatic rings. The molecule has 0 aromatic heterocycles.